The lowest BCUT2D eigenvalue weighted by Gasteiger charge is -2.51. The Morgan fingerprint density at radius 3 is 2.82 bits per heavy atom. The van der Waals surface area contributed by atoms with Gasteiger partial charge in [-0.25, -0.2) is 9.78 Å². The molecular weight excluding hydrogens is 356 g/mol. The summed E-state index contributed by atoms with van der Waals surface area (Å²) in [5.41, 5.74) is 1.59. The van der Waals surface area contributed by atoms with Crippen molar-refractivity contribution in [1.29, 1.82) is 0 Å². The first-order valence-electron chi connectivity index (χ1n) is 10.0. The number of fused-ring (bicyclic) bond motifs is 4. The molecule has 1 N–H and O–H groups in total. The van der Waals surface area contributed by atoms with Gasteiger partial charge in [0.25, 0.3) is 0 Å². The van der Waals surface area contributed by atoms with Crippen LogP contribution in [0.2, 0.25) is 0 Å². The maximum absolute atomic E-state index is 12.1. The predicted octanol–water partition coefficient (Wildman–Crippen LogP) is 3.18. The van der Waals surface area contributed by atoms with Gasteiger partial charge in [0, 0.05) is 18.0 Å². The third kappa shape index (κ3) is 3.25. The number of piperidine rings is 3. The summed E-state index contributed by atoms with van der Waals surface area (Å²) in [5, 5.41) is 12.2. The van der Waals surface area contributed by atoms with Gasteiger partial charge >= 0.3 is 5.97 Å². The lowest BCUT2D eigenvalue weighted by molar-refractivity contribution is -0.0562. The van der Waals surface area contributed by atoms with Crippen molar-refractivity contribution in [3.8, 4) is 5.75 Å². The van der Waals surface area contributed by atoms with Gasteiger partial charge in [-0.05, 0) is 61.1 Å². The highest BCUT2D eigenvalue weighted by molar-refractivity contribution is 5.93. The first-order valence-corrected chi connectivity index (χ1v) is 10.0. The predicted molar refractivity (Wildman–Crippen MR) is 106 cm³/mol. The lowest BCUT2D eigenvalue weighted by atomic mass is 9.72. The van der Waals surface area contributed by atoms with Crippen LogP contribution in [0, 0.1) is 11.8 Å². The number of benzene rings is 1. The molecule has 0 aliphatic carbocycles. The molecule has 5 rings (SSSR count). The van der Waals surface area contributed by atoms with Crippen molar-refractivity contribution in [2.45, 2.75) is 38.3 Å². The minimum Gasteiger partial charge on any atom is -0.497 e. The van der Waals surface area contributed by atoms with E-state index < -0.39 is 12.1 Å². The fraction of sp³-hybridized carbons (Fsp3) is 0.545. The minimum atomic E-state index is -0.693. The zero-order valence-corrected chi connectivity index (χ0v) is 16.7. The summed E-state index contributed by atoms with van der Waals surface area (Å²) in [6.45, 7) is 4.32. The van der Waals surface area contributed by atoms with Gasteiger partial charge < -0.3 is 14.6 Å². The number of methoxy groups -OCH3 is 2. The number of rotatable bonds is 5. The average molecular weight is 384 g/mol. The fourth-order valence-corrected chi connectivity index (χ4v) is 4.99. The van der Waals surface area contributed by atoms with Gasteiger partial charge in [-0.2, -0.15) is 0 Å². The summed E-state index contributed by atoms with van der Waals surface area (Å²) in [5.74, 6) is 1.59. The molecule has 6 nitrogen and oxygen atoms in total. The van der Waals surface area contributed by atoms with E-state index in [4.69, 9.17) is 9.47 Å². The van der Waals surface area contributed by atoms with Gasteiger partial charge in [-0.3, -0.25) is 4.90 Å². The number of carbonyl (C=O) groups excluding carboxylic acids is 1. The van der Waals surface area contributed by atoms with Gasteiger partial charge in [0.15, 0.2) is 0 Å². The van der Waals surface area contributed by atoms with Crippen LogP contribution in [0.15, 0.2) is 24.3 Å². The summed E-state index contributed by atoms with van der Waals surface area (Å²) >= 11 is 0. The van der Waals surface area contributed by atoms with Crippen LogP contribution in [-0.2, 0) is 4.74 Å². The highest BCUT2D eigenvalue weighted by atomic mass is 16.5. The molecule has 2 aromatic rings. The molecule has 28 heavy (non-hydrogen) atoms. The molecule has 4 heterocycles. The van der Waals surface area contributed by atoms with Crippen LogP contribution in [0.4, 0.5) is 0 Å². The summed E-state index contributed by atoms with van der Waals surface area (Å²) in [4.78, 5) is 19.0. The van der Waals surface area contributed by atoms with Crippen LogP contribution in [0.25, 0.3) is 10.9 Å². The van der Waals surface area contributed by atoms with Gasteiger partial charge in [0.1, 0.15) is 11.4 Å². The van der Waals surface area contributed by atoms with Crippen LogP contribution in [-0.4, -0.2) is 54.3 Å². The Bertz CT molecular complexity index is 884. The molecule has 1 aromatic heterocycles. The van der Waals surface area contributed by atoms with Crippen LogP contribution in [0.3, 0.4) is 0 Å². The van der Waals surface area contributed by atoms with Crippen molar-refractivity contribution in [3.63, 3.8) is 0 Å². The quantitative estimate of drug-likeness (QED) is 0.799. The van der Waals surface area contributed by atoms with Gasteiger partial charge in [0.05, 0.1) is 25.8 Å². The minimum absolute atomic E-state index is 0.0591. The van der Waals surface area contributed by atoms with Crippen molar-refractivity contribution in [3.05, 3.63) is 35.5 Å². The lowest BCUT2D eigenvalue weighted by Crippen LogP contribution is -2.55. The molecule has 3 saturated heterocycles. The van der Waals surface area contributed by atoms with Crippen molar-refractivity contribution in [2.24, 2.45) is 11.8 Å². The molecule has 150 valence electrons. The van der Waals surface area contributed by atoms with E-state index in [1.165, 1.54) is 20.0 Å². The average Bonchev–Trinajstić information content (AvgIpc) is 2.76. The number of pyridine rings is 1. The number of nitrogens with zero attached hydrogens (tertiary/aromatic N) is 2. The number of carbonyl (C=O) groups is 1. The van der Waals surface area contributed by atoms with Crippen LogP contribution < -0.4 is 4.74 Å². The molecule has 0 spiro atoms. The SMILES string of the molecule is CC[C@H]1CN2CC[C@H]1C[C@H]2[C@H](O)c1cc(C(=O)OC)nc2ccc(OC)cc12. The second kappa shape index (κ2) is 7.68. The van der Waals surface area contributed by atoms with E-state index in [-0.39, 0.29) is 11.7 Å². The first kappa shape index (κ1) is 19.2. The van der Waals surface area contributed by atoms with Gasteiger partial charge in [0.2, 0.25) is 0 Å². The van der Waals surface area contributed by atoms with Crippen LogP contribution in [0.5, 0.6) is 5.75 Å². The molecule has 3 aliphatic heterocycles. The fourth-order valence-electron chi connectivity index (χ4n) is 4.99. The van der Waals surface area contributed by atoms with E-state index in [9.17, 15) is 9.90 Å². The van der Waals surface area contributed by atoms with Crippen LogP contribution >= 0.6 is 0 Å². The highest BCUT2D eigenvalue weighted by Gasteiger charge is 2.42. The maximum atomic E-state index is 12.1. The number of ether oxygens (including phenoxy) is 2. The van der Waals surface area contributed by atoms with E-state index in [1.807, 2.05) is 18.2 Å². The third-order valence-electron chi connectivity index (χ3n) is 6.59. The van der Waals surface area contributed by atoms with Crippen LogP contribution in [0.1, 0.15) is 48.3 Å². The molecule has 5 atom stereocenters. The monoisotopic (exact) mass is 384 g/mol. The molecule has 3 aliphatic rings. The summed E-state index contributed by atoms with van der Waals surface area (Å²) in [7, 11) is 2.96. The topological polar surface area (TPSA) is 71.9 Å². The normalized spacial score (nSPS) is 27.6. The zero-order chi connectivity index (χ0) is 19.8. The number of hydrogen-bond donors (Lipinski definition) is 1. The van der Waals surface area contributed by atoms with Crippen molar-refractivity contribution in [1.82, 2.24) is 9.88 Å². The smallest absolute Gasteiger partial charge is 0.356 e. The Morgan fingerprint density at radius 2 is 2.18 bits per heavy atom. The summed E-state index contributed by atoms with van der Waals surface area (Å²) in [6.07, 6.45) is 2.69. The molecule has 0 saturated carbocycles. The molecule has 1 unspecified atom stereocenters. The number of aromatic nitrogens is 1. The van der Waals surface area contributed by atoms with E-state index >= 15 is 0 Å². The largest absolute Gasteiger partial charge is 0.497 e. The molecular formula is C22H28N2O4. The number of aliphatic hydroxyl groups is 1. The second-order valence-corrected chi connectivity index (χ2v) is 7.93. The summed E-state index contributed by atoms with van der Waals surface area (Å²) in [6, 6.07) is 7.25. The molecule has 0 radical (unpaired) electrons. The van der Waals surface area contributed by atoms with Crippen molar-refractivity contribution >= 4 is 16.9 Å². The Labute approximate surface area is 165 Å². The standard InChI is InChI=1S/C22H28N2O4/c1-4-13-12-24-8-7-14(13)9-20(24)21(25)17-11-19(22(26)28-3)23-18-6-5-15(27-2)10-16(17)18/h5-6,10-11,13-14,20-21,25H,4,7-9,12H2,1-3H3/t13-,14-,20-,21+/m0/s1. The number of esters is 1. The molecule has 0 amide bonds. The van der Waals surface area contributed by atoms with E-state index in [0.29, 0.717) is 17.2 Å². The molecule has 2 bridgehead atoms. The highest BCUT2D eigenvalue weighted by Crippen LogP contribution is 2.43. The Balaban J connectivity index is 1.76. The summed E-state index contributed by atoms with van der Waals surface area (Å²) < 4.78 is 10.2. The molecule has 3 fully saturated rings. The van der Waals surface area contributed by atoms with Crippen molar-refractivity contribution < 1.29 is 19.4 Å². The van der Waals surface area contributed by atoms with Crippen molar-refractivity contribution in [2.75, 3.05) is 27.3 Å². The second-order valence-electron chi connectivity index (χ2n) is 7.93. The Kier molecular flexibility index (Phi) is 5.25. The zero-order valence-electron chi connectivity index (χ0n) is 16.7. The number of aliphatic hydroxyl groups excluding tert-OH is 1. The van der Waals surface area contributed by atoms with Gasteiger partial charge in [-0.15, -0.1) is 0 Å². The number of hydrogen-bond acceptors (Lipinski definition) is 6. The van der Waals surface area contributed by atoms with E-state index in [2.05, 4.69) is 16.8 Å². The first-order chi connectivity index (χ1) is 13.5. The third-order valence-corrected chi connectivity index (χ3v) is 6.59. The molecule has 6 heteroatoms. The maximum Gasteiger partial charge on any atom is 0.356 e. The van der Waals surface area contributed by atoms with Gasteiger partial charge in [-0.1, -0.05) is 13.3 Å². The Hall–Kier alpha value is -2.18. The van der Waals surface area contributed by atoms with E-state index in [1.54, 1.807) is 13.2 Å². The van der Waals surface area contributed by atoms with E-state index in [0.717, 1.165) is 36.4 Å². The molecule has 1 aromatic carbocycles. The Morgan fingerprint density at radius 1 is 1.36 bits per heavy atom.